The number of alkyl halides is 3. The van der Waals surface area contributed by atoms with Gasteiger partial charge in [0.1, 0.15) is 26.9 Å². The highest BCUT2D eigenvalue weighted by Gasteiger charge is 2.30. The van der Waals surface area contributed by atoms with Gasteiger partial charge in [-0.2, -0.15) is 13.2 Å². The zero-order valence-corrected chi connectivity index (χ0v) is 18.2. The number of benzene rings is 1. The summed E-state index contributed by atoms with van der Waals surface area (Å²) in [4.78, 5) is 16.9. The summed E-state index contributed by atoms with van der Waals surface area (Å²) in [5.41, 5.74) is 10.2. The van der Waals surface area contributed by atoms with Crippen molar-refractivity contribution in [3.8, 4) is 16.3 Å². The van der Waals surface area contributed by atoms with Crippen LogP contribution in [-0.4, -0.2) is 42.9 Å². The van der Waals surface area contributed by atoms with Gasteiger partial charge >= 0.3 is 6.18 Å². The third-order valence-electron chi connectivity index (χ3n) is 4.34. The van der Waals surface area contributed by atoms with E-state index < -0.39 is 17.8 Å². The van der Waals surface area contributed by atoms with Gasteiger partial charge in [-0.3, -0.25) is 4.79 Å². The van der Waals surface area contributed by atoms with Crippen LogP contribution in [-0.2, 0) is 4.74 Å². The Kier molecular flexibility index (Phi) is 7.64. The quantitative estimate of drug-likeness (QED) is 0.513. The van der Waals surface area contributed by atoms with E-state index in [0.717, 1.165) is 12.5 Å². The molecule has 1 fully saturated rings. The van der Waals surface area contributed by atoms with Crippen LogP contribution in [0, 0.1) is 0 Å². The molecule has 1 aromatic heterocycles. The number of hydrogen-bond acceptors (Lipinski definition) is 7. The highest BCUT2D eigenvalue weighted by Crippen LogP contribution is 2.32. The zero-order chi connectivity index (χ0) is 23.3. The second-order valence-corrected chi connectivity index (χ2v) is 8.53. The molecule has 2 heterocycles. The van der Waals surface area contributed by atoms with E-state index >= 15 is 0 Å². The standard InChI is InChI=1S/C20H20ClF3N4O3S/c21-17-9-28-19(32-17)12-5-11(6-15(7-12)31-14-3-4-30-10-14)18(29)27-8-13(25)1-2-16(26)20(22,23)24/h1-2,5-7,9,14H,3-4,8,10,25-26H2,(H,27,29)/b13-1-,16-2-. The van der Waals surface area contributed by atoms with E-state index in [9.17, 15) is 18.0 Å². The first-order valence-electron chi connectivity index (χ1n) is 9.40. The minimum absolute atomic E-state index is 0.00649. The van der Waals surface area contributed by atoms with Gasteiger partial charge in [-0.25, -0.2) is 4.98 Å². The smallest absolute Gasteiger partial charge is 0.430 e. The van der Waals surface area contributed by atoms with Crippen LogP contribution in [0.2, 0.25) is 4.34 Å². The number of halogens is 4. The van der Waals surface area contributed by atoms with Crippen LogP contribution < -0.4 is 21.5 Å². The molecule has 0 spiro atoms. The minimum Gasteiger partial charge on any atom is -0.488 e. The van der Waals surface area contributed by atoms with Gasteiger partial charge < -0.3 is 26.3 Å². The van der Waals surface area contributed by atoms with E-state index in [2.05, 4.69) is 10.3 Å². The molecule has 0 radical (unpaired) electrons. The summed E-state index contributed by atoms with van der Waals surface area (Å²) in [6, 6.07) is 4.93. The van der Waals surface area contributed by atoms with Crippen LogP contribution >= 0.6 is 22.9 Å². The second-order valence-electron chi connectivity index (χ2n) is 6.86. The molecule has 12 heteroatoms. The topological polar surface area (TPSA) is 112 Å². The number of amides is 1. The van der Waals surface area contributed by atoms with E-state index in [1.54, 1.807) is 18.2 Å². The number of rotatable bonds is 7. The number of thiazole rings is 1. The van der Waals surface area contributed by atoms with Gasteiger partial charge in [0.15, 0.2) is 0 Å². The molecular weight excluding hydrogens is 469 g/mol. The van der Waals surface area contributed by atoms with Crippen LogP contribution in [0.15, 0.2) is 47.9 Å². The van der Waals surface area contributed by atoms with Gasteiger partial charge in [-0.15, -0.1) is 11.3 Å². The fourth-order valence-corrected chi connectivity index (χ4v) is 3.64. The SMILES string of the molecule is N/C(=C\C=C(/N)C(F)(F)F)CNC(=O)c1cc(OC2CCOC2)cc(-c2ncc(Cl)s2)c1. The average Bonchev–Trinajstić information content (AvgIpc) is 3.40. The molecule has 7 nitrogen and oxygen atoms in total. The number of nitrogens with one attached hydrogen (secondary N) is 1. The Bertz CT molecular complexity index is 1030. The number of hydrogen-bond donors (Lipinski definition) is 3. The molecule has 0 aliphatic carbocycles. The van der Waals surface area contributed by atoms with Crippen molar-refractivity contribution in [2.45, 2.75) is 18.7 Å². The number of carbonyl (C=O) groups is 1. The molecule has 5 N–H and O–H groups in total. The molecule has 1 atom stereocenters. The third kappa shape index (κ3) is 6.62. The normalized spacial score (nSPS) is 17.4. The van der Waals surface area contributed by atoms with Crippen LogP contribution in [0.3, 0.4) is 0 Å². The number of carbonyl (C=O) groups excluding carboxylic acids is 1. The van der Waals surface area contributed by atoms with Crippen molar-refractivity contribution in [3.05, 3.63) is 57.8 Å². The molecule has 2 aromatic rings. The fraction of sp³-hybridized carbons (Fsp3) is 0.300. The van der Waals surface area contributed by atoms with Gasteiger partial charge in [0.25, 0.3) is 5.91 Å². The Labute approximate surface area is 190 Å². The van der Waals surface area contributed by atoms with Crippen LogP contribution in [0.4, 0.5) is 13.2 Å². The number of aromatic nitrogens is 1. The van der Waals surface area contributed by atoms with E-state index in [-0.39, 0.29) is 23.9 Å². The molecule has 1 saturated heterocycles. The fourth-order valence-electron chi connectivity index (χ4n) is 2.74. The molecule has 0 saturated carbocycles. The number of nitrogens with two attached hydrogens (primary N) is 2. The monoisotopic (exact) mass is 488 g/mol. The molecule has 3 rings (SSSR count). The lowest BCUT2D eigenvalue weighted by atomic mass is 10.1. The number of ether oxygens (including phenoxy) is 2. The summed E-state index contributed by atoms with van der Waals surface area (Å²) >= 11 is 7.22. The van der Waals surface area contributed by atoms with Crippen molar-refractivity contribution in [2.75, 3.05) is 19.8 Å². The Balaban J connectivity index is 1.76. The van der Waals surface area contributed by atoms with E-state index in [1.165, 1.54) is 17.5 Å². The van der Waals surface area contributed by atoms with Crippen LogP contribution in [0.5, 0.6) is 5.75 Å². The molecule has 1 aromatic carbocycles. The maximum absolute atomic E-state index is 12.7. The average molecular weight is 489 g/mol. The van der Waals surface area contributed by atoms with E-state index in [1.807, 2.05) is 0 Å². The predicted octanol–water partition coefficient (Wildman–Crippen LogP) is 3.61. The lowest BCUT2D eigenvalue weighted by Crippen LogP contribution is -2.28. The Morgan fingerprint density at radius 1 is 1.34 bits per heavy atom. The highest BCUT2D eigenvalue weighted by atomic mass is 35.5. The molecule has 1 unspecified atom stereocenters. The first-order chi connectivity index (χ1) is 15.1. The first kappa shape index (κ1) is 23.9. The Morgan fingerprint density at radius 2 is 2.12 bits per heavy atom. The maximum Gasteiger partial charge on any atom is 0.430 e. The Hall–Kier alpha value is -2.76. The van der Waals surface area contributed by atoms with Crippen molar-refractivity contribution in [1.82, 2.24) is 10.3 Å². The molecule has 1 aliphatic heterocycles. The molecule has 0 bridgehead atoms. The Morgan fingerprint density at radius 3 is 2.75 bits per heavy atom. The lowest BCUT2D eigenvalue weighted by Gasteiger charge is -2.14. The van der Waals surface area contributed by atoms with Gasteiger partial charge in [-0.1, -0.05) is 11.6 Å². The molecular formula is C20H20ClF3N4O3S. The summed E-state index contributed by atoms with van der Waals surface area (Å²) in [6.45, 7) is 0.865. The van der Waals surface area contributed by atoms with Crippen molar-refractivity contribution >= 4 is 28.8 Å². The lowest BCUT2D eigenvalue weighted by molar-refractivity contribution is -0.0926. The second kappa shape index (κ2) is 10.2. The number of allylic oxidation sites excluding steroid dienone is 3. The third-order valence-corrected chi connectivity index (χ3v) is 5.51. The molecule has 1 aliphatic rings. The zero-order valence-electron chi connectivity index (χ0n) is 16.6. The molecule has 32 heavy (non-hydrogen) atoms. The van der Waals surface area contributed by atoms with E-state index in [0.29, 0.717) is 39.9 Å². The summed E-state index contributed by atoms with van der Waals surface area (Å²) in [7, 11) is 0. The summed E-state index contributed by atoms with van der Waals surface area (Å²) < 4.78 is 49.0. The highest BCUT2D eigenvalue weighted by molar-refractivity contribution is 7.18. The predicted molar refractivity (Wildman–Crippen MR) is 115 cm³/mol. The number of nitrogens with zero attached hydrogens (tertiary/aromatic N) is 1. The van der Waals surface area contributed by atoms with Crippen molar-refractivity contribution in [2.24, 2.45) is 11.5 Å². The van der Waals surface area contributed by atoms with Crippen LogP contribution in [0.25, 0.3) is 10.6 Å². The molecule has 172 valence electrons. The van der Waals surface area contributed by atoms with Crippen molar-refractivity contribution in [1.29, 1.82) is 0 Å². The van der Waals surface area contributed by atoms with Crippen LogP contribution in [0.1, 0.15) is 16.8 Å². The first-order valence-corrected chi connectivity index (χ1v) is 10.6. The molecule has 1 amide bonds. The summed E-state index contributed by atoms with van der Waals surface area (Å²) in [5.74, 6) is -0.0370. The van der Waals surface area contributed by atoms with E-state index in [4.69, 9.17) is 32.5 Å². The van der Waals surface area contributed by atoms with Crippen molar-refractivity contribution in [3.63, 3.8) is 0 Å². The minimum atomic E-state index is -4.65. The van der Waals surface area contributed by atoms with Gasteiger partial charge in [0.05, 0.1) is 26.0 Å². The largest absolute Gasteiger partial charge is 0.488 e. The van der Waals surface area contributed by atoms with Gasteiger partial charge in [0, 0.05) is 23.2 Å². The van der Waals surface area contributed by atoms with Crippen molar-refractivity contribution < 1.29 is 27.4 Å². The maximum atomic E-state index is 12.7. The van der Waals surface area contributed by atoms with Gasteiger partial charge in [0.2, 0.25) is 0 Å². The summed E-state index contributed by atoms with van der Waals surface area (Å²) in [6.07, 6.45) is -0.920. The summed E-state index contributed by atoms with van der Waals surface area (Å²) in [5, 5.41) is 3.16. The van der Waals surface area contributed by atoms with Gasteiger partial charge in [-0.05, 0) is 30.4 Å².